The molecule has 4 aromatic rings. The van der Waals surface area contributed by atoms with E-state index in [2.05, 4.69) is 5.32 Å². The van der Waals surface area contributed by atoms with E-state index in [4.69, 9.17) is 14.2 Å². The number of amides is 1. The largest absolute Gasteiger partial charge is 0.493 e. The molecule has 0 fully saturated rings. The van der Waals surface area contributed by atoms with Crippen molar-refractivity contribution in [2.45, 2.75) is 13.2 Å². The number of nitriles is 1. The Kier molecular flexibility index (Phi) is 8.55. The molecule has 0 aliphatic carbocycles. The van der Waals surface area contributed by atoms with Crippen molar-refractivity contribution in [3.8, 4) is 23.3 Å². The van der Waals surface area contributed by atoms with E-state index in [1.54, 1.807) is 31.4 Å². The number of benzene rings is 4. The molecule has 0 bridgehead atoms. The third-order valence-electron chi connectivity index (χ3n) is 5.48. The van der Waals surface area contributed by atoms with Crippen molar-refractivity contribution >= 4 is 17.7 Å². The van der Waals surface area contributed by atoms with Crippen LogP contribution in [0, 0.1) is 11.3 Å². The van der Waals surface area contributed by atoms with Crippen LogP contribution in [0.1, 0.15) is 16.7 Å². The number of hydrogen-bond donors (Lipinski definition) is 1. The summed E-state index contributed by atoms with van der Waals surface area (Å²) in [4.78, 5) is 12.6. The average Bonchev–Trinajstić information content (AvgIpc) is 2.95. The number of rotatable bonds is 10. The molecule has 0 aromatic heterocycles. The summed E-state index contributed by atoms with van der Waals surface area (Å²) in [6.45, 7) is 0.699. The molecule has 37 heavy (non-hydrogen) atoms. The fourth-order valence-electron chi connectivity index (χ4n) is 3.57. The normalized spacial score (nSPS) is 10.8. The molecule has 6 nitrogen and oxygen atoms in total. The third kappa shape index (κ3) is 7.00. The Morgan fingerprint density at radius 3 is 2.16 bits per heavy atom. The standard InChI is InChI=1S/C31H26N2O4/c1-35-30-18-24(16-17-29(30)37-21-23-10-4-2-5-11-23)22-36-28-15-9-8-12-25(28)19-26(20-32)31(34)33-27-13-6-3-7-14-27/h2-19H,21-22H2,1H3,(H,33,34)/b26-19+. The van der Waals surface area contributed by atoms with Gasteiger partial charge in [0.25, 0.3) is 5.91 Å². The lowest BCUT2D eigenvalue weighted by molar-refractivity contribution is -0.112. The highest BCUT2D eigenvalue weighted by Crippen LogP contribution is 2.30. The summed E-state index contributed by atoms with van der Waals surface area (Å²) in [6, 6.07) is 33.8. The van der Waals surface area contributed by atoms with Crippen molar-refractivity contribution in [2.24, 2.45) is 0 Å². The molecule has 0 atom stereocenters. The summed E-state index contributed by atoms with van der Waals surface area (Å²) < 4.78 is 17.5. The van der Waals surface area contributed by atoms with Gasteiger partial charge in [-0.3, -0.25) is 4.79 Å². The summed E-state index contributed by atoms with van der Waals surface area (Å²) in [5.74, 6) is 1.31. The lowest BCUT2D eigenvalue weighted by Crippen LogP contribution is -2.13. The van der Waals surface area contributed by atoms with E-state index in [1.165, 1.54) is 6.08 Å². The maximum absolute atomic E-state index is 12.6. The summed E-state index contributed by atoms with van der Waals surface area (Å²) in [6.07, 6.45) is 1.52. The molecule has 0 aliphatic rings. The molecule has 1 N–H and O–H groups in total. The van der Waals surface area contributed by atoms with Gasteiger partial charge in [0.05, 0.1) is 7.11 Å². The number of carbonyl (C=O) groups excluding carboxylic acids is 1. The number of carbonyl (C=O) groups is 1. The Hall–Kier alpha value is -5.02. The van der Waals surface area contributed by atoms with E-state index in [9.17, 15) is 10.1 Å². The lowest BCUT2D eigenvalue weighted by atomic mass is 10.1. The number of nitrogens with zero attached hydrogens (tertiary/aromatic N) is 1. The molecular weight excluding hydrogens is 464 g/mol. The van der Waals surface area contributed by atoms with Gasteiger partial charge in [-0.2, -0.15) is 5.26 Å². The van der Waals surface area contributed by atoms with Crippen molar-refractivity contribution in [1.82, 2.24) is 0 Å². The van der Waals surface area contributed by atoms with Gasteiger partial charge in [-0.05, 0) is 47.5 Å². The molecule has 0 aliphatic heterocycles. The maximum Gasteiger partial charge on any atom is 0.266 e. The Balaban J connectivity index is 1.45. The summed E-state index contributed by atoms with van der Waals surface area (Å²) >= 11 is 0. The Bertz CT molecular complexity index is 1410. The average molecular weight is 491 g/mol. The topological polar surface area (TPSA) is 80.6 Å². The third-order valence-corrected chi connectivity index (χ3v) is 5.48. The van der Waals surface area contributed by atoms with Crippen molar-refractivity contribution in [3.63, 3.8) is 0 Å². The van der Waals surface area contributed by atoms with E-state index in [0.29, 0.717) is 35.1 Å². The SMILES string of the molecule is COc1cc(COc2ccccc2/C=C(\C#N)C(=O)Nc2ccccc2)ccc1OCc1ccccc1. The second-order valence-corrected chi connectivity index (χ2v) is 8.08. The van der Waals surface area contributed by atoms with Crippen LogP contribution >= 0.6 is 0 Å². The number of ether oxygens (including phenoxy) is 3. The zero-order valence-corrected chi connectivity index (χ0v) is 20.4. The zero-order chi connectivity index (χ0) is 25.9. The van der Waals surface area contributed by atoms with Gasteiger partial charge in [0.2, 0.25) is 0 Å². The molecule has 0 saturated heterocycles. The summed E-state index contributed by atoms with van der Waals surface area (Å²) in [7, 11) is 1.60. The van der Waals surface area contributed by atoms with Gasteiger partial charge in [0.1, 0.15) is 30.6 Å². The van der Waals surface area contributed by atoms with Crippen LogP contribution in [0.3, 0.4) is 0 Å². The summed E-state index contributed by atoms with van der Waals surface area (Å²) in [5, 5.41) is 12.3. The minimum atomic E-state index is -0.487. The van der Waals surface area contributed by atoms with Gasteiger partial charge in [0.15, 0.2) is 11.5 Å². The van der Waals surface area contributed by atoms with Gasteiger partial charge in [-0.15, -0.1) is 0 Å². The van der Waals surface area contributed by atoms with Gasteiger partial charge < -0.3 is 19.5 Å². The molecule has 184 valence electrons. The van der Waals surface area contributed by atoms with Gasteiger partial charge in [0, 0.05) is 11.3 Å². The van der Waals surface area contributed by atoms with Crippen molar-refractivity contribution in [3.05, 3.63) is 125 Å². The van der Waals surface area contributed by atoms with Crippen LogP contribution in [0.4, 0.5) is 5.69 Å². The Morgan fingerprint density at radius 1 is 0.784 bits per heavy atom. The first kappa shape index (κ1) is 25.1. The highest BCUT2D eigenvalue weighted by atomic mass is 16.5. The molecular formula is C31H26N2O4. The first-order valence-electron chi connectivity index (χ1n) is 11.7. The minimum Gasteiger partial charge on any atom is -0.493 e. The van der Waals surface area contributed by atoms with Gasteiger partial charge in [-0.1, -0.05) is 72.8 Å². The molecule has 0 heterocycles. The molecule has 1 amide bonds. The molecule has 0 unspecified atom stereocenters. The fraction of sp³-hybridized carbons (Fsp3) is 0.0968. The Morgan fingerprint density at radius 2 is 1.43 bits per heavy atom. The number of hydrogen-bond acceptors (Lipinski definition) is 5. The minimum absolute atomic E-state index is 0.0264. The number of anilines is 1. The Labute approximate surface area is 216 Å². The highest BCUT2D eigenvalue weighted by molar-refractivity contribution is 6.09. The van der Waals surface area contributed by atoms with E-state index >= 15 is 0 Å². The van der Waals surface area contributed by atoms with Gasteiger partial charge >= 0.3 is 0 Å². The quantitative estimate of drug-likeness (QED) is 0.206. The maximum atomic E-state index is 12.6. The van der Waals surface area contributed by atoms with Crippen LogP contribution in [-0.4, -0.2) is 13.0 Å². The molecule has 4 aromatic carbocycles. The molecule has 0 spiro atoms. The molecule has 0 saturated carbocycles. The zero-order valence-electron chi connectivity index (χ0n) is 20.4. The van der Waals surface area contributed by atoms with E-state index < -0.39 is 5.91 Å². The van der Waals surface area contributed by atoms with Crippen LogP contribution in [0.25, 0.3) is 6.08 Å². The van der Waals surface area contributed by atoms with Crippen molar-refractivity contribution in [2.75, 3.05) is 12.4 Å². The first-order valence-corrected chi connectivity index (χ1v) is 11.7. The number of para-hydroxylation sites is 2. The molecule has 0 radical (unpaired) electrons. The summed E-state index contributed by atoms with van der Waals surface area (Å²) in [5.41, 5.74) is 3.16. The van der Waals surface area contributed by atoms with Crippen LogP contribution < -0.4 is 19.5 Å². The second kappa shape index (κ2) is 12.6. The van der Waals surface area contributed by atoms with Crippen LogP contribution in [0.5, 0.6) is 17.2 Å². The van der Waals surface area contributed by atoms with E-state index in [1.807, 2.05) is 84.9 Å². The first-order chi connectivity index (χ1) is 18.2. The molecule has 4 rings (SSSR count). The van der Waals surface area contributed by atoms with Crippen molar-refractivity contribution < 1.29 is 19.0 Å². The van der Waals surface area contributed by atoms with Gasteiger partial charge in [-0.25, -0.2) is 0 Å². The van der Waals surface area contributed by atoms with Crippen LogP contribution in [0.2, 0.25) is 0 Å². The van der Waals surface area contributed by atoms with Crippen LogP contribution in [-0.2, 0) is 18.0 Å². The fourth-order valence-corrected chi connectivity index (χ4v) is 3.57. The second-order valence-electron chi connectivity index (χ2n) is 8.08. The van der Waals surface area contributed by atoms with Crippen LogP contribution in [0.15, 0.2) is 109 Å². The molecule has 6 heteroatoms. The predicted molar refractivity (Wildman–Crippen MR) is 143 cm³/mol. The lowest BCUT2D eigenvalue weighted by Gasteiger charge is -2.14. The van der Waals surface area contributed by atoms with Crippen molar-refractivity contribution in [1.29, 1.82) is 5.26 Å². The van der Waals surface area contributed by atoms with E-state index in [0.717, 1.165) is 11.1 Å². The number of methoxy groups -OCH3 is 1. The number of nitrogens with one attached hydrogen (secondary N) is 1. The smallest absolute Gasteiger partial charge is 0.266 e. The monoisotopic (exact) mass is 490 g/mol. The van der Waals surface area contributed by atoms with E-state index in [-0.39, 0.29) is 12.2 Å². The highest BCUT2D eigenvalue weighted by Gasteiger charge is 2.12. The predicted octanol–water partition coefficient (Wildman–Crippen LogP) is 6.40.